The van der Waals surface area contributed by atoms with Crippen molar-refractivity contribution in [1.29, 1.82) is 0 Å². The second kappa shape index (κ2) is 3.39. The maximum Gasteiger partial charge on any atom is 0.269 e. The van der Waals surface area contributed by atoms with Crippen molar-refractivity contribution in [3.8, 4) is 5.75 Å². The highest BCUT2D eigenvalue weighted by molar-refractivity contribution is 7.86. The maximum absolute atomic E-state index is 10.9. The molecule has 3 N–H and O–H groups in total. The first-order chi connectivity index (χ1) is 6.97. The van der Waals surface area contributed by atoms with E-state index in [9.17, 15) is 13.5 Å². The molecule has 0 spiro atoms. The molecule has 1 aliphatic heterocycles. The van der Waals surface area contributed by atoms with Gasteiger partial charge in [-0.3, -0.25) is 4.55 Å². The standard InChI is InChI=1S/C9H11NO4S/c11-7-2-1-6-3-8(15(12,13)14)5-10-9(6)4-7/h1-2,4,8,10-11H,3,5H2,(H,12,13,14). The van der Waals surface area contributed by atoms with Crippen molar-refractivity contribution in [3.63, 3.8) is 0 Å². The van der Waals surface area contributed by atoms with Crippen molar-refractivity contribution >= 4 is 15.8 Å². The lowest BCUT2D eigenvalue weighted by Crippen LogP contribution is -2.34. The lowest BCUT2D eigenvalue weighted by Gasteiger charge is -2.23. The monoisotopic (exact) mass is 229 g/mol. The first kappa shape index (κ1) is 10.3. The summed E-state index contributed by atoms with van der Waals surface area (Å²) in [5.41, 5.74) is 1.50. The first-order valence-corrected chi connectivity index (χ1v) is 5.99. The van der Waals surface area contributed by atoms with Crippen LogP contribution in [-0.2, 0) is 16.5 Å². The number of rotatable bonds is 1. The Bertz CT molecular complexity index is 483. The average molecular weight is 229 g/mol. The number of hydrogen-bond acceptors (Lipinski definition) is 4. The van der Waals surface area contributed by atoms with Gasteiger partial charge in [0.1, 0.15) is 11.0 Å². The van der Waals surface area contributed by atoms with Crippen LogP contribution in [0.1, 0.15) is 5.56 Å². The number of benzene rings is 1. The van der Waals surface area contributed by atoms with E-state index in [1.54, 1.807) is 6.07 Å². The van der Waals surface area contributed by atoms with Crippen LogP contribution in [0, 0.1) is 0 Å². The van der Waals surface area contributed by atoms with E-state index in [1.807, 2.05) is 0 Å². The van der Waals surface area contributed by atoms with Crippen molar-refractivity contribution in [2.24, 2.45) is 0 Å². The summed E-state index contributed by atoms with van der Waals surface area (Å²) < 4.78 is 30.8. The molecule has 0 aromatic heterocycles. The molecule has 1 aromatic carbocycles. The smallest absolute Gasteiger partial charge is 0.269 e. The molecule has 2 rings (SSSR count). The Kier molecular flexibility index (Phi) is 2.32. The van der Waals surface area contributed by atoms with E-state index >= 15 is 0 Å². The summed E-state index contributed by atoms with van der Waals surface area (Å²) in [4.78, 5) is 0. The minimum Gasteiger partial charge on any atom is -0.508 e. The summed E-state index contributed by atoms with van der Waals surface area (Å²) in [6.07, 6.45) is 0.265. The Morgan fingerprint density at radius 2 is 2.13 bits per heavy atom. The Balaban J connectivity index is 2.32. The van der Waals surface area contributed by atoms with E-state index in [-0.39, 0.29) is 18.7 Å². The molecular weight excluding hydrogens is 218 g/mol. The molecule has 1 aromatic rings. The fourth-order valence-electron chi connectivity index (χ4n) is 1.66. The first-order valence-electron chi connectivity index (χ1n) is 4.49. The Morgan fingerprint density at radius 1 is 1.40 bits per heavy atom. The topological polar surface area (TPSA) is 86.6 Å². The second-order valence-electron chi connectivity index (χ2n) is 3.56. The summed E-state index contributed by atoms with van der Waals surface area (Å²) in [6, 6.07) is 4.68. The van der Waals surface area contributed by atoms with Gasteiger partial charge < -0.3 is 10.4 Å². The third-order valence-electron chi connectivity index (χ3n) is 2.48. The third-order valence-corrected chi connectivity index (χ3v) is 3.66. The van der Waals surface area contributed by atoms with Crippen LogP contribution in [0.4, 0.5) is 5.69 Å². The highest BCUT2D eigenvalue weighted by Gasteiger charge is 2.27. The second-order valence-corrected chi connectivity index (χ2v) is 5.26. The minimum atomic E-state index is -4.00. The minimum absolute atomic E-state index is 0.131. The van der Waals surface area contributed by atoms with E-state index in [0.29, 0.717) is 0 Å². The summed E-state index contributed by atoms with van der Waals surface area (Å²) in [6.45, 7) is 0.162. The molecule has 0 amide bonds. The van der Waals surface area contributed by atoms with E-state index < -0.39 is 15.4 Å². The van der Waals surface area contributed by atoms with Crippen molar-refractivity contribution in [1.82, 2.24) is 0 Å². The fourth-order valence-corrected chi connectivity index (χ4v) is 2.34. The third kappa shape index (κ3) is 2.05. The maximum atomic E-state index is 10.9. The lowest BCUT2D eigenvalue weighted by atomic mass is 10.0. The van der Waals surface area contributed by atoms with Gasteiger partial charge in [-0.15, -0.1) is 0 Å². The molecule has 0 saturated carbocycles. The van der Waals surface area contributed by atoms with Crippen molar-refractivity contribution < 1.29 is 18.1 Å². The number of fused-ring (bicyclic) bond motifs is 1. The highest BCUT2D eigenvalue weighted by atomic mass is 32.2. The summed E-state index contributed by atoms with van der Waals surface area (Å²) >= 11 is 0. The van der Waals surface area contributed by atoms with Gasteiger partial charge in [-0.2, -0.15) is 8.42 Å². The van der Waals surface area contributed by atoms with Crippen LogP contribution in [-0.4, -0.2) is 29.9 Å². The van der Waals surface area contributed by atoms with Crippen LogP contribution in [0.2, 0.25) is 0 Å². The average Bonchev–Trinajstić information content (AvgIpc) is 2.15. The van der Waals surface area contributed by atoms with Gasteiger partial charge in [0.25, 0.3) is 10.1 Å². The van der Waals surface area contributed by atoms with Crippen molar-refractivity contribution in [2.45, 2.75) is 11.7 Å². The molecule has 0 saturated heterocycles. The molecule has 0 bridgehead atoms. The van der Waals surface area contributed by atoms with E-state index in [1.165, 1.54) is 12.1 Å². The normalized spacial score (nSPS) is 20.5. The van der Waals surface area contributed by atoms with Gasteiger partial charge in [0.15, 0.2) is 0 Å². The van der Waals surface area contributed by atoms with Crippen LogP contribution >= 0.6 is 0 Å². The number of aromatic hydroxyl groups is 1. The van der Waals surface area contributed by atoms with Gasteiger partial charge in [0, 0.05) is 18.3 Å². The van der Waals surface area contributed by atoms with Gasteiger partial charge in [0.2, 0.25) is 0 Å². The SMILES string of the molecule is O=S(=O)(O)C1CNc2cc(O)ccc2C1. The lowest BCUT2D eigenvalue weighted by molar-refractivity contribution is 0.466. The van der Waals surface area contributed by atoms with Crippen LogP contribution in [0.3, 0.4) is 0 Å². The number of nitrogens with one attached hydrogen (secondary N) is 1. The summed E-state index contributed by atoms with van der Waals surface area (Å²) in [5, 5.41) is 11.3. The molecule has 0 fully saturated rings. The van der Waals surface area contributed by atoms with Gasteiger partial charge in [-0.05, 0) is 18.1 Å². The van der Waals surface area contributed by atoms with Gasteiger partial charge in [-0.25, -0.2) is 0 Å². The zero-order valence-corrected chi connectivity index (χ0v) is 8.66. The van der Waals surface area contributed by atoms with Crippen LogP contribution in [0.25, 0.3) is 0 Å². The molecular formula is C9H11NO4S. The predicted molar refractivity (Wildman–Crippen MR) is 55.6 cm³/mol. The van der Waals surface area contributed by atoms with Gasteiger partial charge >= 0.3 is 0 Å². The molecule has 0 radical (unpaired) electrons. The van der Waals surface area contributed by atoms with Crippen molar-refractivity contribution in [3.05, 3.63) is 23.8 Å². The van der Waals surface area contributed by atoms with Crippen LogP contribution in [0.5, 0.6) is 5.75 Å². The molecule has 15 heavy (non-hydrogen) atoms. The van der Waals surface area contributed by atoms with E-state index in [4.69, 9.17) is 4.55 Å². The number of phenolic OH excluding ortho intramolecular Hbond substituents is 1. The molecule has 1 unspecified atom stereocenters. The quantitative estimate of drug-likeness (QED) is 0.614. The molecule has 5 nitrogen and oxygen atoms in total. The van der Waals surface area contributed by atoms with E-state index in [2.05, 4.69) is 5.32 Å². The molecule has 0 aliphatic carbocycles. The van der Waals surface area contributed by atoms with Crippen molar-refractivity contribution in [2.75, 3.05) is 11.9 Å². The zero-order chi connectivity index (χ0) is 11.1. The van der Waals surface area contributed by atoms with Gasteiger partial charge in [-0.1, -0.05) is 6.07 Å². The molecule has 82 valence electrons. The van der Waals surface area contributed by atoms with Gasteiger partial charge in [0.05, 0.1) is 0 Å². The van der Waals surface area contributed by atoms with Crippen LogP contribution in [0.15, 0.2) is 18.2 Å². The largest absolute Gasteiger partial charge is 0.508 e. The summed E-state index contributed by atoms with van der Waals surface area (Å²) in [5.74, 6) is 0.131. The number of hydrogen-bond donors (Lipinski definition) is 3. The Labute approximate surface area is 87.5 Å². The Morgan fingerprint density at radius 3 is 2.80 bits per heavy atom. The zero-order valence-electron chi connectivity index (χ0n) is 7.84. The number of phenols is 1. The molecule has 6 heteroatoms. The molecule has 1 heterocycles. The summed E-state index contributed by atoms with van der Waals surface area (Å²) in [7, 11) is -4.00. The predicted octanol–water partition coefficient (Wildman–Crippen LogP) is 0.617. The van der Waals surface area contributed by atoms with Crippen LogP contribution < -0.4 is 5.32 Å². The number of anilines is 1. The highest BCUT2D eigenvalue weighted by Crippen LogP contribution is 2.27. The molecule has 1 atom stereocenters. The molecule has 1 aliphatic rings. The Hall–Kier alpha value is -1.27. The fraction of sp³-hybridized carbons (Fsp3) is 0.333. The van der Waals surface area contributed by atoms with E-state index in [0.717, 1.165) is 11.3 Å².